The van der Waals surface area contributed by atoms with Crippen LogP contribution in [0.25, 0.3) is 11.0 Å². The molecular formula is C25H32ClN3O. The first-order valence-corrected chi connectivity index (χ1v) is 11.5. The number of likely N-dealkylation sites (tertiary alicyclic amines) is 1. The van der Waals surface area contributed by atoms with Gasteiger partial charge in [0.2, 0.25) is 0 Å². The molecule has 0 spiro atoms. The summed E-state index contributed by atoms with van der Waals surface area (Å²) >= 11 is 5.99. The number of hydrogen-bond acceptors (Lipinski definition) is 3. The molecule has 30 heavy (non-hydrogen) atoms. The van der Waals surface area contributed by atoms with Gasteiger partial charge in [-0.15, -0.1) is 0 Å². The molecule has 4 rings (SSSR count). The van der Waals surface area contributed by atoms with Crippen molar-refractivity contribution in [3.63, 3.8) is 0 Å². The Balaban J connectivity index is 1.47. The maximum Gasteiger partial charge on any atom is 0.148 e. The van der Waals surface area contributed by atoms with Crippen LogP contribution in [0.3, 0.4) is 0 Å². The molecule has 4 nitrogen and oxygen atoms in total. The smallest absolute Gasteiger partial charge is 0.148 e. The number of aromatic nitrogens is 2. The van der Waals surface area contributed by atoms with Gasteiger partial charge in [-0.3, -0.25) is 0 Å². The number of halogens is 1. The lowest BCUT2D eigenvalue weighted by Gasteiger charge is -2.29. The van der Waals surface area contributed by atoms with E-state index in [0.717, 1.165) is 30.1 Å². The Hall–Kier alpha value is -2.04. The van der Waals surface area contributed by atoms with Gasteiger partial charge < -0.3 is 14.2 Å². The third-order valence-electron chi connectivity index (χ3n) is 6.11. The van der Waals surface area contributed by atoms with Crippen molar-refractivity contribution >= 4 is 22.6 Å². The summed E-state index contributed by atoms with van der Waals surface area (Å²) in [5.41, 5.74) is 3.49. The monoisotopic (exact) mass is 425 g/mol. The predicted octanol–water partition coefficient (Wildman–Crippen LogP) is 6.09. The fourth-order valence-corrected chi connectivity index (χ4v) is 4.52. The average molecular weight is 426 g/mol. The minimum atomic E-state index is 0.455. The van der Waals surface area contributed by atoms with Crippen molar-refractivity contribution in [1.29, 1.82) is 0 Å². The fourth-order valence-electron chi connectivity index (χ4n) is 4.40. The van der Waals surface area contributed by atoms with Crippen LogP contribution in [0.15, 0.2) is 42.5 Å². The molecule has 5 heteroatoms. The molecule has 2 aromatic carbocycles. The van der Waals surface area contributed by atoms with E-state index in [4.69, 9.17) is 21.3 Å². The summed E-state index contributed by atoms with van der Waals surface area (Å²) in [6.45, 7) is 9.65. The zero-order valence-electron chi connectivity index (χ0n) is 18.1. The Morgan fingerprint density at radius 3 is 2.60 bits per heavy atom. The van der Waals surface area contributed by atoms with Gasteiger partial charge in [-0.25, -0.2) is 4.98 Å². The van der Waals surface area contributed by atoms with Crippen molar-refractivity contribution in [2.75, 3.05) is 19.6 Å². The molecule has 1 aliphatic rings. The van der Waals surface area contributed by atoms with E-state index >= 15 is 0 Å². The quantitative estimate of drug-likeness (QED) is 0.437. The molecule has 0 radical (unpaired) electrons. The van der Waals surface area contributed by atoms with E-state index in [1.54, 1.807) is 0 Å². The maximum atomic E-state index is 6.04. The molecule has 0 N–H and O–H groups in total. The maximum absolute atomic E-state index is 6.04. The van der Waals surface area contributed by atoms with Crippen LogP contribution in [-0.4, -0.2) is 34.1 Å². The second kappa shape index (κ2) is 9.84. The first kappa shape index (κ1) is 21.2. The summed E-state index contributed by atoms with van der Waals surface area (Å²) in [5.74, 6) is 2.46. The van der Waals surface area contributed by atoms with Crippen LogP contribution in [0.4, 0.5) is 0 Å². The zero-order chi connectivity index (χ0) is 20.9. The van der Waals surface area contributed by atoms with E-state index < -0.39 is 0 Å². The molecule has 0 amide bonds. The first-order valence-electron chi connectivity index (χ1n) is 11.2. The topological polar surface area (TPSA) is 30.3 Å². The molecule has 0 aliphatic carbocycles. The van der Waals surface area contributed by atoms with Gasteiger partial charge in [-0.1, -0.05) is 37.1 Å². The number of fused-ring (bicyclic) bond motifs is 1. The molecule has 1 fully saturated rings. The van der Waals surface area contributed by atoms with Crippen LogP contribution in [-0.2, 0) is 13.2 Å². The minimum Gasteiger partial charge on any atom is -0.486 e. The normalized spacial score (nSPS) is 16.1. The number of benzene rings is 2. The molecule has 160 valence electrons. The zero-order valence-corrected chi connectivity index (χ0v) is 18.9. The summed E-state index contributed by atoms with van der Waals surface area (Å²) < 4.78 is 8.39. The minimum absolute atomic E-state index is 0.455. The van der Waals surface area contributed by atoms with Crippen LogP contribution in [0.5, 0.6) is 5.75 Å². The Morgan fingerprint density at radius 2 is 1.83 bits per heavy atom. The largest absolute Gasteiger partial charge is 0.486 e. The fraction of sp³-hybridized carbons (Fsp3) is 0.480. The Labute approximate surface area is 184 Å². The number of nitrogens with zero attached hydrogens (tertiary/aromatic N) is 3. The van der Waals surface area contributed by atoms with Gasteiger partial charge >= 0.3 is 0 Å². The predicted molar refractivity (Wildman–Crippen MR) is 124 cm³/mol. The lowest BCUT2D eigenvalue weighted by molar-refractivity contribution is 0.194. The number of aryl methyl sites for hydroxylation is 2. The summed E-state index contributed by atoms with van der Waals surface area (Å²) in [5, 5.41) is 0.716. The molecule has 1 saturated heterocycles. The molecule has 3 aromatic rings. The highest BCUT2D eigenvalue weighted by molar-refractivity contribution is 6.30. The second-order valence-electron chi connectivity index (χ2n) is 8.62. The third kappa shape index (κ3) is 5.16. The van der Waals surface area contributed by atoms with Crippen LogP contribution in [0.2, 0.25) is 5.02 Å². The van der Waals surface area contributed by atoms with Crippen molar-refractivity contribution in [2.24, 2.45) is 5.92 Å². The standard InChI is InChI=1S/C25H32ClN3O/c1-19(17-28-14-4-3-5-15-28)13-16-29-23-8-6-7-20(2)25(23)27-24(29)18-30-22-11-9-21(26)10-12-22/h6-12,19H,3-5,13-18H2,1-2H3. The number of piperidine rings is 1. The van der Waals surface area contributed by atoms with Crippen LogP contribution >= 0.6 is 11.6 Å². The molecule has 1 atom stereocenters. The Bertz CT molecular complexity index is 960. The second-order valence-corrected chi connectivity index (χ2v) is 9.06. The van der Waals surface area contributed by atoms with Crippen LogP contribution < -0.4 is 4.74 Å². The third-order valence-corrected chi connectivity index (χ3v) is 6.36. The summed E-state index contributed by atoms with van der Waals surface area (Å²) in [6.07, 6.45) is 5.24. The van der Waals surface area contributed by atoms with E-state index in [0.29, 0.717) is 17.5 Å². The molecule has 2 heterocycles. The average Bonchev–Trinajstić information content (AvgIpc) is 3.11. The van der Waals surface area contributed by atoms with Gasteiger partial charge in [0, 0.05) is 18.1 Å². The van der Waals surface area contributed by atoms with Gasteiger partial charge in [-0.2, -0.15) is 0 Å². The highest BCUT2D eigenvalue weighted by atomic mass is 35.5. The van der Waals surface area contributed by atoms with Crippen molar-refractivity contribution in [1.82, 2.24) is 14.5 Å². The number of rotatable bonds is 8. The highest BCUT2D eigenvalue weighted by Gasteiger charge is 2.16. The number of para-hydroxylation sites is 1. The van der Waals surface area contributed by atoms with Crippen LogP contribution in [0, 0.1) is 12.8 Å². The van der Waals surface area contributed by atoms with Crippen molar-refractivity contribution < 1.29 is 4.74 Å². The summed E-state index contributed by atoms with van der Waals surface area (Å²) in [6, 6.07) is 13.9. The molecule has 0 bridgehead atoms. The Kier molecular flexibility index (Phi) is 6.96. The molecule has 0 saturated carbocycles. The van der Waals surface area contributed by atoms with Gasteiger partial charge in [0.25, 0.3) is 0 Å². The van der Waals surface area contributed by atoms with Crippen molar-refractivity contribution in [3.8, 4) is 5.75 Å². The summed E-state index contributed by atoms with van der Waals surface area (Å²) in [7, 11) is 0. The first-order chi connectivity index (χ1) is 14.6. The molecule has 1 unspecified atom stereocenters. The lowest BCUT2D eigenvalue weighted by Crippen LogP contribution is -2.33. The van der Waals surface area contributed by atoms with Gasteiger partial charge in [0.1, 0.15) is 18.2 Å². The SMILES string of the molecule is Cc1cccc2c1nc(COc1ccc(Cl)cc1)n2CCC(C)CN1CCCCC1. The van der Waals surface area contributed by atoms with E-state index in [2.05, 4.69) is 41.5 Å². The molecule has 1 aliphatic heterocycles. The number of ether oxygens (including phenoxy) is 1. The summed E-state index contributed by atoms with van der Waals surface area (Å²) in [4.78, 5) is 7.57. The Morgan fingerprint density at radius 1 is 1.07 bits per heavy atom. The van der Waals surface area contributed by atoms with E-state index in [1.807, 2.05) is 24.3 Å². The van der Waals surface area contributed by atoms with Crippen molar-refractivity contribution in [2.45, 2.75) is 52.7 Å². The van der Waals surface area contributed by atoms with Crippen LogP contribution in [0.1, 0.15) is 44.0 Å². The van der Waals surface area contributed by atoms with E-state index in [1.165, 1.54) is 50.0 Å². The van der Waals surface area contributed by atoms with Gasteiger partial charge in [0.15, 0.2) is 0 Å². The van der Waals surface area contributed by atoms with Gasteiger partial charge in [-0.05, 0) is 81.1 Å². The van der Waals surface area contributed by atoms with E-state index in [-0.39, 0.29) is 0 Å². The van der Waals surface area contributed by atoms with E-state index in [9.17, 15) is 0 Å². The van der Waals surface area contributed by atoms with Gasteiger partial charge in [0.05, 0.1) is 11.0 Å². The van der Waals surface area contributed by atoms with Crippen molar-refractivity contribution in [3.05, 3.63) is 58.9 Å². The molecule has 1 aromatic heterocycles. The highest BCUT2D eigenvalue weighted by Crippen LogP contribution is 2.23. The number of imidazole rings is 1. The molecular weight excluding hydrogens is 394 g/mol. The number of hydrogen-bond donors (Lipinski definition) is 0. The lowest BCUT2D eigenvalue weighted by atomic mass is 10.0.